The number of nitrogens with zero attached hydrogens (tertiary/aromatic N) is 4. The minimum Gasteiger partial charge on any atom is -0.481 e. The largest absolute Gasteiger partial charge is 0.481 e. The minimum atomic E-state index is -0.887. The number of carboxylic acid groups (broad SMARTS) is 1. The summed E-state index contributed by atoms with van der Waals surface area (Å²) in [7, 11) is 0. The maximum Gasteiger partial charge on any atom is 0.304 e. The van der Waals surface area contributed by atoms with Gasteiger partial charge in [0.05, 0.1) is 6.42 Å². The zero-order valence-corrected chi connectivity index (χ0v) is 19.2. The second kappa shape index (κ2) is 11.4. The Bertz CT molecular complexity index is 902. The van der Waals surface area contributed by atoms with Gasteiger partial charge in [0.2, 0.25) is 5.89 Å². The molecule has 2 aliphatic rings. The van der Waals surface area contributed by atoms with E-state index < -0.39 is 5.97 Å². The molecule has 2 aromatic rings. The standard InChI is InChI=1S/C25H34N4O4/c30-22(31)17-21(8-4-7-18-5-2-1-3-6-18)24-27-23(28-33-24)25(32)29-15-11-20(12-16-29)19-9-13-26-14-10-19/h9-10,13-14,18,20-21H,1-8,11-12,15-17H2,(H,30,31). The van der Waals surface area contributed by atoms with Gasteiger partial charge in [0.1, 0.15) is 0 Å². The summed E-state index contributed by atoms with van der Waals surface area (Å²) in [5.74, 6) is 0.00108. The highest BCUT2D eigenvalue weighted by atomic mass is 16.5. The third-order valence-corrected chi connectivity index (χ3v) is 7.25. The van der Waals surface area contributed by atoms with E-state index in [1.165, 1.54) is 37.7 Å². The summed E-state index contributed by atoms with van der Waals surface area (Å²) in [5, 5.41) is 13.3. The van der Waals surface area contributed by atoms with Crippen LogP contribution in [0.4, 0.5) is 0 Å². The number of carbonyl (C=O) groups excluding carboxylic acids is 1. The molecule has 1 N–H and O–H groups in total. The van der Waals surface area contributed by atoms with Gasteiger partial charge in [-0.1, -0.05) is 50.1 Å². The minimum absolute atomic E-state index is 0.0371. The molecule has 3 heterocycles. The van der Waals surface area contributed by atoms with Crippen LogP contribution >= 0.6 is 0 Å². The molecule has 33 heavy (non-hydrogen) atoms. The van der Waals surface area contributed by atoms with Crippen LogP contribution in [0.1, 0.15) is 105 Å². The number of likely N-dealkylation sites (tertiary alicyclic amines) is 1. The number of carboxylic acids is 1. The zero-order chi connectivity index (χ0) is 23.0. The van der Waals surface area contributed by atoms with Crippen LogP contribution in [-0.4, -0.2) is 50.1 Å². The number of amides is 1. The Morgan fingerprint density at radius 1 is 1.09 bits per heavy atom. The van der Waals surface area contributed by atoms with Crippen molar-refractivity contribution in [1.29, 1.82) is 0 Å². The maximum absolute atomic E-state index is 12.9. The Hall–Kier alpha value is -2.77. The molecule has 1 unspecified atom stereocenters. The molecular formula is C25H34N4O4. The van der Waals surface area contributed by atoms with Crippen molar-refractivity contribution in [2.24, 2.45) is 5.92 Å². The summed E-state index contributed by atoms with van der Waals surface area (Å²) >= 11 is 0. The van der Waals surface area contributed by atoms with Crippen LogP contribution in [-0.2, 0) is 4.79 Å². The quantitative estimate of drug-likeness (QED) is 0.580. The fourth-order valence-corrected chi connectivity index (χ4v) is 5.33. The lowest BCUT2D eigenvalue weighted by Crippen LogP contribution is -2.38. The molecule has 0 spiro atoms. The Balaban J connectivity index is 1.32. The maximum atomic E-state index is 12.9. The second-order valence-electron chi connectivity index (χ2n) is 9.53. The van der Waals surface area contributed by atoms with Crippen LogP contribution in [0.25, 0.3) is 0 Å². The number of carbonyl (C=O) groups is 2. The second-order valence-corrected chi connectivity index (χ2v) is 9.53. The lowest BCUT2D eigenvalue weighted by atomic mass is 9.84. The molecule has 1 aliphatic carbocycles. The number of hydrogen-bond donors (Lipinski definition) is 1. The highest BCUT2D eigenvalue weighted by Gasteiger charge is 2.29. The van der Waals surface area contributed by atoms with Gasteiger partial charge in [-0.2, -0.15) is 4.98 Å². The predicted octanol–water partition coefficient (Wildman–Crippen LogP) is 4.79. The van der Waals surface area contributed by atoms with Gasteiger partial charge in [0.25, 0.3) is 11.7 Å². The van der Waals surface area contributed by atoms with Gasteiger partial charge in [-0.05, 0) is 48.8 Å². The average molecular weight is 455 g/mol. The number of pyridine rings is 1. The monoisotopic (exact) mass is 454 g/mol. The van der Waals surface area contributed by atoms with Crippen LogP contribution in [0, 0.1) is 5.92 Å². The van der Waals surface area contributed by atoms with Crippen molar-refractivity contribution in [2.75, 3.05) is 13.1 Å². The Kier molecular flexibility index (Phi) is 8.07. The predicted molar refractivity (Wildman–Crippen MR) is 122 cm³/mol. The molecule has 2 fully saturated rings. The summed E-state index contributed by atoms with van der Waals surface area (Å²) in [6.45, 7) is 1.27. The van der Waals surface area contributed by atoms with E-state index in [9.17, 15) is 14.7 Å². The van der Waals surface area contributed by atoms with Crippen LogP contribution in [0.2, 0.25) is 0 Å². The SMILES string of the molecule is O=C(O)CC(CCCC1CCCCC1)c1nc(C(=O)N2CCC(c3ccncc3)CC2)no1. The van der Waals surface area contributed by atoms with Crippen molar-refractivity contribution in [3.8, 4) is 0 Å². The fraction of sp³-hybridized carbons (Fsp3) is 0.640. The number of hydrogen-bond acceptors (Lipinski definition) is 6. The molecule has 0 radical (unpaired) electrons. The zero-order valence-electron chi connectivity index (χ0n) is 19.2. The van der Waals surface area contributed by atoms with E-state index in [0.717, 1.165) is 31.6 Å². The highest BCUT2D eigenvalue weighted by molar-refractivity contribution is 5.90. The van der Waals surface area contributed by atoms with Gasteiger partial charge in [0, 0.05) is 31.4 Å². The third kappa shape index (κ3) is 6.39. The van der Waals surface area contributed by atoms with Gasteiger partial charge in [-0.25, -0.2) is 0 Å². The van der Waals surface area contributed by atoms with E-state index in [-0.39, 0.29) is 30.0 Å². The first kappa shape index (κ1) is 23.4. The summed E-state index contributed by atoms with van der Waals surface area (Å²) in [6, 6.07) is 4.06. The molecule has 8 heteroatoms. The van der Waals surface area contributed by atoms with Crippen molar-refractivity contribution in [2.45, 2.75) is 82.5 Å². The first-order valence-corrected chi connectivity index (χ1v) is 12.3. The number of piperidine rings is 1. The number of aliphatic carboxylic acids is 1. The molecule has 1 saturated carbocycles. The van der Waals surface area contributed by atoms with E-state index in [1.54, 1.807) is 17.3 Å². The summed E-state index contributed by atoms with van der Waals surface area (Å²) in [6.07, 6.45) is 14.5. The van der Waals surface area contributed by atoms with E-state index in [1.807, 2.05) is 12.1 Å². The van der Waals surface area contributed by atoms with Crippen LogP contribution < -0.4 is 0 Å². The van der Waals surface area contributed by atoms with E-state index in [2.05, 4.69) is 15.1 Å². The normalized spacial score (nSPS) is 18.8. The van der Waals surface area contributed by atoms with E-state index in [0.29, 0.717) is 25.4 Å². The summed E-state index contributed by atoms with van der Waals surface area (Å²) < 4.78 is 5.39. The van der Waals surface area contributed by atoms with Crippen LogP contribution in [0.15, 0.2) is 29.0 Å². The Morgan fingerprint density at radius 2 is 1.82 bits per heavy atom. The van der Waals surface area contributed by atoms with Gasteiger partial charge >= 0.3 is 5.97 Å². The molecule has 178 valence electrons. The fourth-order valence-electron chi connectivity index (χ4n) is 5.33. The van der Waals surface area contributed by atoms with Crippen molar-refractivity contribution in [3.05, 3.63) is 41.8 Å². The molecule has 1 aliphatic heterocycles. The summed E-state index contributed by atoms with van der Waals surface area (Å²) in [4.78, 5) is 34.5. The van der Waals surface area contributed by atoms with Crippen LogP contribution in [0.3, 0.4) is 0 Å². The van der Waals surface area contributed by atoms with Crippen molar-refractivity contribution < 1.29 is 19.2 Å². The van der Waals surface area contributed by atoms with Crippen molar-refractivity contribution >= 4 is 11.9 Å². The molecular weight excluding hydrogens is 420 g/mol. The van der Waals surface area contributed by atoms with Crippen molar-refractivity contribution in [1.82, 2.24) is 20.0 Å². The average Bonchev–Trinajstić information content (AvgIpc) is 3.34. The van der Waals surface area contributed by atoms with Crippen molar-refractivity contribution in [3.63, 3.8) is 0 Å². The molecule has 4 rings (SSSR count). The first-order valence-electron chi connectivity index (χ1n) is 12.3. The molecule has 1 atom stereocenters. The van der Waals surface area contributed by atoms with Gasteiger partial charge in [-0.3, -0.25) is 14.6 Å². The smallest absolute Gasteiger partial charge is 0.304 e. The lowest BCUT2D eigenvalue weighted by Gasteiger charge is -2.31. The van der Waals surface area contributed by atoms with Gasteiger partial charge in [-0.15, -0.1) is 0 Å². The Morgan fingerprint density at radius 3 is 2.52 bits per heavy atom. The number of aromatic nitrogens is 3. The van der Waals surface area contributed by atoms with Crippen LogP contribution in [0.5, 0.6) is 0 Å². The first-order chi connectivity index (χ1) is 16.1. The summed E-state index contributed by atoms with van der Waals surface area (Å²) in [5.41, 5.74) is 1.25. The molecule has 0 aromatic carbocycles. The molecule has 1 amide bonds. The van der Waals surface area contributed by atoms with E-state index in [4.69, 9.17) is 4.52 Å². The third-order valence-electron chi connectivity index (χ3n) is 7.25. The molecule has 1 saturated heterocycles. The molecule has 0 bridgehead atoms. The number of rotatable bonds is 9. The topological polar surface area (TPSA) is 109 Å². The molecule has 8 nitrogen and oxygen atoms in total. The Labute approximate surface area is 194 Å². The van der Waals surface area contributed by atoms with Gasteiger partial charge < -0.3 is 14.5 Å². The highest BCUT2D eigenvalue weighted by Crippen LogP contribution is 2.32. The van der Waals surface area contributed by atoms with E-state index >= 15 is 0 Å². The molecule has 2 aromatic heterocycles. The lowest BCUT2D eigenvalue weighted by molar-refractivity contribution is -0.137. The van der Waals surface area contributed by atoms with Gasteiger partial charge in [0.15, 0.2) is 0 Å².